The quantitative estimate of drug-likeness (QED) is 0.430. The molecule has 1 aromatic heterocycles. The van der Waals surface area contributed by atoms with E-state index in [0.717, 1.165) is 5.56 Å². The lowest BCUT2D eigenvalue weighted by atomic mass is 10.2. The zero-order valence-electron chi connectivity index (χ0n) is 13.9. The van der Waals surface area contributed by atoms with E-state index in [-0.39, 0.29) is 11.4 Å². The summed E-state index contributed by atoms with van der Waals surface area (Å²) in [7, 11) is 0. The summed E-state index contributed by atoms with van der Waals surface area (Å²) in [5, 5.41) is 15.2. The Morgan fingerprint density at radius 2 is 1.93 bits per heavy atom. The van der Waals surface area contributed by atoms with Crippen molar-refractivity contribution in [2.75, 3.05) is 13.2 Å². The molecule has 0 bridgehead atoms. The highest BCUT2D eigenvalue weighted by molar-refractivity contribution is 5.97. The minimum absolute atomic E-state index is 0.00447. The van der Waals surface area contributed by atoms with Crippen LogP contribution >= 0.6 is 0 Å². The summed E-state index contributed by atoms with van der Waals surface area (Å²) in [5.41, 5.74) is 3.38. The number of hydrogen-bond acceptors (Lipinski definition) is 7. The maximum absolute atomic E-state index is 12.2. The summed E-state index contributed by atoms with van der Waals surface area (Å²) in [6.45, 7) is 0.992. The molecule has 0 unspecified atom stereocenters. The lowest BCUT2D eigenvalue weighted by Gasteiger charge is -2.18. The molecule has 3 aromatic rings. The first-order valence-electron chi connectivity index (χ1n) is 8.01. The lowest BCUT2D eigenvalue weighted by molar-refractivity contribution is -0.384. The van der Waals surface area contributed by atoms with Gasteiger partial charge in [-0.15, -0.1) is 0 Å². The molecule has 4 rings (SSSR count). The van der Waals surface area contributed by atoms with Crippen molar-refractivity contribution in [2.45, 2.75) is 0 Å². The van der Waals surface area contributed by atoms with Crippen LogP contribution in [0.4, 0.5) is 5.69 Å². The highest BCUT2D eigenvalue weighted by Gasteiger charge is 2.15. The van der Waals surface area contributed by atoms with Crippen molar-refractivity contribution in [3.63, 3.8) is 0 Å². The van der Waals surface area contributed by atoms with Gasteiger partial charge in [-0.05, 0) is 35.9 Å². The minimum atomic E-state index is -0.567. The van der Waals surface area contributed by atoms with E-state index in [0.29, 0.717) is 35.7 Å². The largest absolute Gasteiger partial charge is 0.486 e. The number of nitrogens with zero attached hydrogens (tertiary/aromatic N) is 2. The van der Waals surface area contributed by atoms with Gasteiger partial charge in [-0.1, -0.05) is 0 Å². The second kappa shape index (κ2) is 6.79. The van der Waals surface area contributed by atoms with Gasteiger partial charge in [0.2, 0.25) is 0 Å². The van der Waals surface area contributed by atoms with Crippen LogP contribution < -0.4 is 14.9 Å². The fourth-order valence-corrected chi connectivity index (χ4v) is 2.62. The van der Waals surface area contributed by atoms with Gasteiger partial charge in [-0.2, -0.15) is 5.10 Å². The number of fused-ring (bicyclic) bond motifs is 2. The number of nitrogens with one attached hydrogen (secondary N) is 1. The predicted molar refractivity (Wildman–Crippen MR) is 95.4 cm³/mol. The number of carbonyl (C=O) groups excluding carboxylic acids is 1. The molecule has 1 amide bonds. The molecule has 0 saturated carbocycles. The Kier molecular flexibility index (Phi) is 4.17. The maximum atomic E-state index is 12.2. The van der Waals surface area contributed by atoms with Crippen molar-refractivity contribution in [2.24, 2.45) is 5.10 Å². The molecule has 2 aromatic carbocycles. The normalized spacial score (nSPS) is 13.0. The van der Waals surface area contributed by atoms with Crippen LogP contribution in [0.5, 0.6) is 11.5 Å². The molecule has 0 fully saturated rings. The average Bonchev–Trinajstić information content (AvgIpc) is 3.11. The van der Waals surface area contributed by atoms with Crippen LogP contribution in [0.1, 0.15) is 16.1 Å². The molecular formula is C18H13N3O6. The summed E-state index contributed by atoms with van der Waals surface area (Å²) in [6, 6.07) is 10.8. The first kappa shape index (κ1) is 16.6. The van der Waals surface area contributed by atoms with Gasteiger partial charge in [0.15, 0.2) is 17.3 Å². The molecule has 136 valence electrons. The van der Waals surface area contributed by atoms with Crippen LogP contribution in [0.15, 0.2) is 52.0 Å². The van der Waals surface area contributed by atoms with Crippen LogP contribution in [-0.4, -0.2) is 30.3 Å². The fourth-order valence-electron chi connectivity index (χ4n) is 2.62. The molecule has 9 nitrogen and oxygen atoms in total. The summed E-state index contributed by atoms with van der Waals surface area (Å²) >= 11 is 0. The van der Waals surface area contributed by atoms with Gasteiger partial charge in [-0.25, -0.2) is 5.43 Å². The molecular weight excluding hydrogens is 354 g/mol. The molecule has 1 aliphatic rings. The minimum Gasteiger partial charge on any atom is -0.486 e. The molecule has 2 heterocycles. The van der Waals surface area contributed by atoms with Crippen molar-refractivity contribution in [3.8, 4) is 11.5 Å². The molecule has 9 heteroatoms. The molecule has 1 aliphatic heterocycles. The number of benzene rings is 2. The summed E-state index contributed by atoms with van der Waals surface area (Å²) < 4.78 is 16.3. The van der Waals surface area contributed by atoms with E-state index >= 15 is 0 Å². The van der Waals surface area contributed by atoms with Gasteiger partial charge in [-0.3, -0.25) is 14.9 Å². The van der Waals surface area contributed by atoms with E-state index in [1.165, 1.54) is 30.5 Å². The van der Waals surface area contributed by atoms with Crippen molar-refractivity contribution >= 4 is 28.8 Å². The number of rotatable bonds is 4. The van der Waals surface area contributed by atoms with Crippen LogP contribution in [0.25, 0.3) is 11.0 Å². The zero-order chi connectivity index (χ0) is 18.8. The maximum Gasteiger partial charge on any atom is 0.307 e. The van der Waals surface area contributed by atoms with Crippen LogP contribution in [-0.2, 0) is 0 Å². The first-order valence-corrected chi connectivity index (χ1v) is 8.01. The lowest BCUT2D eigenvalue weighted by Crippen LogP contribution is -2.17. The van der Waals surface area contributed by atoms with Gasteiger partial charge in [0.1, 0.15) is 18.8 Å². The highest BCUT2D eigenvalue weighted by Crippen LogP contribution is 2.30. The number of carbonyl (C=O) groups is 1. The van der Waals surface area contributed by atoms with Crippen LogP contribution in [0.2, 0.25) is 0 Å². The van der Waals surface area contributed by atoms with Crippen LogP contribution in [0, 0.1) is 10.1 Å². The SMILES string of the molecule is O=C(NN=Cc1ccc2c(c1)OCCO2)c1cc2cc([N+](=O)[O-])ccc2o1. The molecule has 0 saturated heterocycles. The summed E-state index contributed by atoms with van der Waals surface area (Å²) in [4.78, 5) is 22.5. The van der Waals surface area contributed by atoms with Crippen molar-refractivity contribution in [3.05, 3.63) is 63.9 Å². The number of nitro groups is 1. The number of non-ortho nitro benzene ring substituents is 1. The summed E-state index contributed by atoms with van der Waals surface area (Å²) in [6.07, 6.45) is 1.46. The Bertz CT molecular complexity index is 1070. The van der Waals surface area contributed by atoms with Crippen molar-refractivity contribution in [1.29, 1.82) is 0 Å². The standard InChI is InChI=1S/C18H13N3O6/c22-18(17-9-12-8-13(21(23)24)2-4-14(12)27-17)20-19-10-11-1-3-15-16(7-11)26-6-5-25-15/h1-4,7-10H,5-6H2,(H,20,22). The molecule has 0 radical (unpaired) electrons. The summed E-state index contributed by atoms with van der Waals surface area (Å²) in [5.74, 6) is 0.724. The van der Waals surface area contributed by atoms with Gasteiger partial charge in [0, 0.05) is 17.5 Å². The number of ether oxygens (including phenoxy) is 2. The van der Waals surface area contributed by atoms with Gasteiger partial charge in [0.25, 0.3) is 5.69 Å². The van der Waals surface area contributed by atoms with Crippen LogP contribution in [0.3, 0.4) is 0 Å². The number of hydrazone groups is 1. The molecule has 0 spiro atoms. The zero-order valence-corrected chi connectivity index (χ0v) is 13.9. The third-order valence-electron chi connectivity index (χ3n) is 3.88. The third kappa shape index (κ3) is 3.43. The molecule has 1 N–H and O–H groups in total. The van der Waals surface area contributed by atoms with Crippen molar-refractivity contribution in [1.82, 2.24) is 5.43 Å². The predicted octanol–water partition coefficient (Wildman–Crippen LogP) is 2.88. The molecule has 27 heavy (non-hydrogen) atoms. The Morgan fingerprint density at radius 3 is 2.74 bits per heavy atom. The highest BCUT2D eigenvalue weighted by atomic mass is 16.6. The number of hydrogen-bond donors (Lipinski definition) is 1. The Hall–Kier alpha value is -3.88. The smallest absolute Gasteiger partial charge is 0.307 e. The Labute approximate surface area is 152 Å². The van der Waals surface area contributed by atoms with E-state index in [1.807, 2.05) is 0 Å². The second-order valence-electron chi connectivity index (χ2n) is 5.69. The first-order chi connectivity index (χ1) is 13.1. The average molecular weight is 367 g/mol. The monoisotopic (exact) mass is 367 g/mol. The van der Waals surface area contributed by atoms with Crippen molar-refractivity contribution < 1.29 is 23.6 Å². The van der Waals surface area contributed by atoms with E-state index in [2.05, 4.69) is 10.5 Å². The topological polar surface area (TPSA) is 116 Å². The fraction of sp³-hybridized carbons (Fsp3) is 0.111. The Morgan fingerprint density at radius 1 is 1.11 bits per heavy atom. The van der Waals surface area contributed by atoms with Gasteiger partial charge >= 0.3 is 5.91 Å². The van der Waals surface area contributed by atoms with E-state index in [4.69, 9.17) is 13.9 Å². The van der Waals surface area contributed by atoms with E-state index in [9.17, 15) is 14.9 Å². The molecule has 0 aliphatic carbocycles. The van der Waals surface area contributed by atoms with Gasteiger partial charge < -0.3 is 13.9 Å². The third-order valence-corrected chi connectivity index (χ3v) is 3.88. The number of amides is 1. The van der Waals surface area contributed by atoms with E-state index in [1.54, 1.807) is 18.2 Å². The number of furan rings is 1. The second-order valence-corrected chi connectivity index (χ2v) is 5.69. The van der Waals surface area contributed by atoms with E-state index < -0.39 is 10.8 Å². The van der Waals surface area contributed by atoms with Gasteiger partial charge in [0.05, 0.1) is 11.1 Å². The molecule has 0 atom stereocenters. The Balaban J connectivity index is 1.46. The number of nitro benzene ring substituents is 1.